The van der Waals surface area contributed by atoms with Crippen LogP contribution in [0.25, 0.3) is 11.5 Å². The third kappa shape index (κ3) is 4.73. The molecule has 0 amide bonds. The normalized spacial score (nSPS) is 11.8. The van der Waals surface area contributed by atoms with Gasteiger partial charge in [-0.15, -0.1) is 0 Å². The van der Waals surface area contributed by atoms with Crippen molar-refractivity contribution in [2.45, 2.75) is 0 Å². The maximum absolute atomic E-state index is 12.0. The van der Waals surface area contributed by atoms with Crippen molar-refractivity contribution in [1.29, 1.82) is 0 Å². The summed E-state index contributed by atoms with van der Waals surface area (Å²) in [6.45, 7) is 0. The Kier molecular flexibility index (Phi) is 6.16. The van der Waals surface area contributed by atoms with E-state index in [-0.39, 0.29) is 11.5 Å². The Hall–Kier alpha value is -3.54. The molecule has 0 aliphatic carbocycles. The van der Waals surface area contributed by atoms with Crippen molar-refractivity contribution in [3.8, 4) is 11.5 Å². The second-order valence-corrected chi connectivity index (χ2v) is 5.25. The Bertz CT molecular complexity index is 806. The van der Waals surface area contributed by atoms with E-state index in [2.05, 4.69) is 0 Å². The molecule has 0 atom stereocenters. The summed E-state index contributed by atoms with van der Waals surface area (Å²) in [7, 11) is 2.95. The molecule has 6 nitrogen and oxygen atoms in total. The zero-order chi connectivity index (χ0) is 19.1. The number of methoxy groups -OCH3 is 2. The molecule has 0 radical (unpaired) electrons. The second-order valence-electron chi connectivity index (χ2n) is 5.25. The summed E-state index contributed by atoms with van der Waals surface area (Å²) >= 11 is 0. The number of ether oxygens (including phenoxy) is 2. The van der Waals surface area contributed by atoms with Crippen LogP contribution in [0.2, 0.25) is 0 Å². The highest BCUT2D eigenvalue weighted by Crippen LogP contribution is 2.20. The van der Waals surface area contributed by atoms with Gasteiger partial charge in [0.1, 0.15) is 23.0 Å². The summed E-state index contributed by atoms with van der Waals surface area (Å²) in [5.41, 5.74) is 0.651. The van der Waals surface area contributed by atoms with Gasteiger partial charge in [0, 0.05) is 23.3 Å². The molecule has 0 saturated heterocycles. The highest BCUT2D eigenvalue weighted by atomic mass is 16.5. The SMILES string of the molecule is COc1cccc(/C(O)=C\C(=O)C(=O)/C=C(/O)c2cccc(OC)c2)c1. The predicted octanol–water partition coefficient (Wildman–Crippen LogP) is 3.34. The summed E-state index contributed by atoms with van der Waals surface area (Å²) in [6.07, 6.45) is 1.60. The van der Waals surface area contributed by atoms with E-state index in [1.165, 1.54) is 26.4 Å². The Balaban J connectivity index is 2.18. The maximum atomic E-state index is 12.0. The molecule has 6 heteroatoms. The fourth-order valence-corrected chi connectivity index (χ4v) is 2.12. The smallest absolute Gasteiger partial charge is 0.229 e. The van der Waals surface area contributed by atoms with Crippen LogP contribution in [0, 0.1) is 0 Å². The summed E-state index contributed by atoms with van der Waals surface area (Å²) in [6, 6.07) is 12.8. The van der Waals surface area contributed by atoms with Gasteiger partial charge in [0.25, 0.3) is 0 Å². The number of hydrogen-bond acceptors (Lipinski definition) is 6. The Morgan fingerprint density at radius 2 is 1.15 bits per heavy atom. The van der Waals surface area contributed by atoms with E-state index < -0.39 is 11.6 Å². The quantitative estimate of drug-likeness (QED) is 0.450. The maximum Gasteiger partial charge on any atom is 0.229 e. The molecule has 0 heterocycles. The number of aliphatic hydroxyl groups is 2. The predicted molar refractivity (Wildman–Crippen MR) is 97.2 cm³/mol. The minimum absolute atomic E-state index is 0.325. The van der Waals surface area contributed by atoms with Crippen molar-refractivity contribution < 1.29 is 29.3 Å². The van der Waals surface area contributed by atoms with Crippen LogP contribution in [0.5, 0.6) is 11.5 Å². The third-order valence-electron chi connectivity index (χ3n) is 3.51. The van der Waals surface area contributed by atoms with Crippen molar-refractivity contribution in [2.24, 2.45) is 0 Å². The molecule has 2 rings (SSSR count). The van der Waals surface area contributed by atoms with E-state index in [9.17, 15) is 19.8 Å². The lowest BCUT2D eigenvalue weighted by Gasteiger charge is -2.04. The molecule has 0 aromatic heterocycles. The number of hydrogen-bond donors (Lipinski definition) is 2. The minimum Gasteiger partial charge on any atom is -0.507 e. The molecule has 134 valence electrons. The van der Waals surface area contributed by atoms with Crippen molar-refractivity contribution in [3.05, 3.63) is 71.8 Å². The van der Waals surface area contributed by atoms with E-state index in [0.717, 1.165) is 12.2 Å². The Morgan fingerprint density at radius 3 is 1.50 bits per heavy atom. The van der Waals surface area contributed by atoms with Crippen LogP contribution in [-0.4, -0.2) is 36.0 Å². The number of carbonyl (C=O) groups excluding carboxylic acids is 2. The molecule has 0 spiro atoms. The first-order valence-corrected chi connectivity index (χ1v) is 7.63. The van der Waals surface area contributed by atoms with Crippen LogP contribution < -0.4 is 9.47 Å². The first-order valence-electron chi connectivity index (χ1n) is 7.63. The molecule has 0 unspecified atom stereocenters. The van der Waals surface area contributed by atoms with E-state index >= 15 is 0 Å². The molecule has 26 heavy (non-hydrogen) atoms. The first kappa shape index (κ1) is 18.8. The summed E-state index contributed by atoms with van der Waals surface area (Å²) < 4.78 is 10.1. The van der Waals surface area contributed by atoms with Crippen molar-refractivity contribution in [1.82, 2.24) is 0 Å². The van der Waals surface area contributed by atoms with Gasteiger partial charge in [0.05, 0.1) is 14.2 Å². The molecule has 2 N–H and O–H groups in total. The summed E-state index contributed by atoms with van der Waals surface area (Å²) in [5, 5.41) is 20.0. The molecule has 0 bridgehead atoms. The molecule has 2 aromatic rings. The number of aliphatic hydroxyl groups excluding tert-OH is 2. The number of ketones is 2. The van der Waals surface area contributed by atoms with Crippen LogP contribution in [0.3, 0.4) is 0 Å². The molecular formula is C20H18O6. The van der Waals surface area contributed by atoms with Gasteiger partial charge in [0.15, 0.2) is 0 Å². The van der Waals surface area contributed by atoms with Gasteiger partial charge in [-0.2, -0.15) is 0 Å². The van der Waals surface area contributed by atoms with Crippen molar-refractivity contribution in [2.75, 3.05) is 14.2 Å². The average molecular weight is 354 g/mol. The molecule has 0 aliphatic rings. The highest BCUT2D eigenvalue weighted by molar-refractivity contribution is 6.47. The van der Waals surface area contributed by atoms with E-state index in [4.69, 9.17) is 9.47 Å². The number of rotatable bonds is 7. The van der Waals surface area contributed by atoms with Crippen LogP contribution in [0.1, 0.15) is 11.1 Å². The average Bonchev–Trinajstić information content (AvgIpc) is 2.67. The van der Waals surface area contributed by atoms with Gasteiger partial charge in [-0.1, -0.05) is 24.3 Å². The fraction of sp³-hybridized carbons (Fsp3) is 0.100. The van der Waals surface area contributed by atoms with E-state index in [0.29, 0.717) is 22.6 Å². The lowest BCUT2D eigenvalue weighted by molar-refractivity contribution is -0.130. The number of allylic oxidation sites excluding steroid dienone is 2. The highest BCUT2D eigenvalue weighted by Gasteiger charge is 2.13. The molecule has 0 saturated carbocycles. The Labute approximate surface area is 150 Å². The largest absolute Gasteiger partial charge is 0.507 e. The summed E-state index contributed by atoms with van der Waals surface area (Å²) in [5.74, 6) is -1.71. The van der Waals surface area contributed by atoms with Gasteiger partial charge in [0.2, 0.25) is 11.6 Å². The van der Waals surface area contributed by atoms with Crippen LogP contribution in [0.4, 0.5) is 0 Å². The first-order chi connectivity index (χ1) is 12.4. The van der Waals surface area contributed by atoms with Gasteiger partial charge in [-0.05, 0) is 24.3 Å². The van der Waals surface area contributed by atoms with Gasteiger partial charge < -0.3 is 19.7 Å². The second kappa shape index (κ2) is 8.53. The number of benzene rings is 2. The zero-order valence-corrected chi connectivity index (χ0v) is 14.3. The van der Waals surface area contributed by atoms with Crippen molar-refractivity contribution >= 4 is 23.1 Å². The molecule has 2 aromatic carbocycles. The molecular weight excluding hydrogens is 336 g/mol. The Morgan fingerprint density at radius 1 is 0.769 bits per heavy atom. The van der Waals surface area contributed by atoms with Crippen LogP contribution in [-0.2, 0) is 9.59 Å². The van der Waals surface area contributed by atoms with Crippen LogP contribution >= 0.6 is 0 Å². The monoisotopic (exact) mass is 354 g/mol. The molecule has 0 aliphatic heterocycles. The van der Waals surface area contributed by atoms with Gasteiger partial charge >= 0.3 is 0 Å². The minimum atomic E-state index is -0.972. The zero-order valence-electron chi connectivity index (χ0n) is 14.3. The third-order valence-corrected chi connectivity index (χ3v) is 3.51. The number of carbonyl (C=O) groups is 2. The summed E-state index contributed by atoms with van der Waals surface area (Å²) in [4.78, 5) is 23.9. The molecule has 0 fully saturated rings. The fourth-order valence-electron chi connectivity index (χ4n) is 2.12. The lowest BCUT2D eigenvalue weighted by Crippen LogP contribution is -2.09. The van der Waals surface area contributed by atoms with E-state index in [1.54, 1.807) is 36.4 Å². The van der Waals surface area contributed by atoms with Crippen LogP contribution in [0.15, 0.2) is 60.7 Å². The van der Waals surface area contributed by atoms with Crippen molar-refractivity contribution in [3.63, 3.8) is 0 Å². The topological polar surface area (TPSA) is 93.1 Å². The lowest BCUT2D eigenvalue weighted by atomic mass is 10.1. The van der Waals surface area contributed by atoms with Gasteiger partial charge in [-0.25, -0.2) is 0 Å². The standard InChI is InChI=1S/C20H18O6/c1-25-15-7-3-5-13(9-15)17(21)11-19(23)20(24)12-18(22)14-6-4-8-16(10-14)26-2/h3-12,21-22H,1-2H3/b17-11+,18-12+. The van der Waals surface area contributed by atoms with Gasteiger partial charge in [-0.3, -0.25) is 9.59 Å². The van der Waals surface area contributed by atoms with E-state index in [1.807, 2.05) is 0 Å².